The molecule has 0 saturated heterocycles. The Balaban J connectivity index is 1.95. The van der Waals surface area contributed by atoms with Gasteiger partial charge in [0.2, 0.25) is 4.80 Å². The molecule has 0 spiro atoms. The summed E-state index contributed by atoms with van der Waals surface area (Å²) in [7, 11) is 0. The maximum absolute atomic E-state index is 13.3. The van der Waals surface area contributed by atoms with E-state index in [-0.39, 0.29) is 17.0 Å². The maximum Gasteiger partial charge on any atom is 0.416 e. The quantitative estimate of drug-likeness (QED) is 0.683. The highest BCUT2D eigenvalue weighted by molar-refractivity contribution is 7.02. The number of rotatable bonds is 3. The highest BCUT2D eigenvalue weighted by Gasteiger charge is 2.29. The van der Waals surface area contributed by atoms with Gasteiger partial charge in [0.15, 0.2) is 11.6 Å². The monoisotopic (exact) mass is 387 g/mol. The summed E-state index contributed by atoms with van der Waals surface area (Å²) < 4.78 is 67.7. The number of nitrogens with one attached hydrogen (secondary N) is 1. The summed E-state index contributed by atoms with van der Waals surface area (Å²) in [6.07, 6.45) is -4.45. The Morgan fingerprint density at radius 1 is 1.04 bits per heavy atom. The average Bonchev–Trinajstić information content (AvgIpc) is 2.91. The fourth-order valence-electron chi connectivity index (χ4n) is 2.16. The van der Waals surface area contributed by atoms with Gasteiger partial charge >= 0.3 is 11.9 Å². The summed E-state index contributed by atoms with van der Waals surface area (Å²) >= 11 is 0.876. The van der Waals surface area contributed by atoms with Crippen LogP contribution in [-0.4, -0.2) is 8.94 Å². The van der Waals surface area contributed by atoms with Crippen LogP contribution < -0.4 is 10.5 Å². The molecule has 26 heavy (non-hydrogen) atoms. The number of hydrogen-bond donors (Lipinski definition) is 1. The largest absolute Gasteiger partial charge is 0.416 e. The third-order valence-electron chi connectivity index (χ3n) is 3.45. The fraction of sp³-hybridized carbons (Fsp3) is 0.125. The van der Waals surface area contributed by atoms with E-state index in [9.17, 15) is 26.7 Å². The Hall–Kier alpha value is -2.75. The average molecular weight is 387 g/mol. The van der Waals surface area contributed by atoms with Gasteiger partial charge in [0.05, 0.1) is 17.8 Å². The van der Waals surface area contributed by atoms with Crippen molar-refractivity contribution in [3.05, 3.63) is 80.5 Å². The minimum atomic E-state index is -4.45. The zero-order chi connectivity index (χ0) is 18.9. The fourth-order valence-corrected chi connectivity index (χ4v) is 2.86. The van der Waals surface area contributed by atoms with Crippen molar-refractivity contribution >= 4 is 17.2 Å². The molecule has 0 saturated carbocycles. The Kier molecular flexibility index (Phi) is 4.77. The van der Waals surface area contributed by atoms with Crippen LogP contribution in [0.4, 0.5) is 27.6 Å². The molecular weight excluding hydrogens is 377 g/mol. The van der Waals surface area contributed by atoms with E-state index in [2.05, 4.69) is 9.37 Å². The SMILES string of the molecule is O=c1[nH]s/c(=N\c2ccc(C(F)(F)F)cc2)n1Cc1ccc(F)c(F)c1. The molecule has 0 bridgehead atoms. The number of alkyl halides is 3. The van der Waals surface area contributed by atoms with Gasteiger partial charge in [-0.2, -0.15) is 13.2 Å². The number of nitrogens with zero attached hydrogens (tertiary/aromatic N) is 2. The van der Waals surface area contributed by atoms with Crippen LogP contribution in [0.2, 0.25) is 0 Å². The van der Waals surface area contributed by atoms with Crippen LogP contribution in [0.1, 0.15) is 11.1 Å². The molecular formula is C16H10F5N3OS. The summed E-state index contributed by atoms with van der Waals surface area (Å²) in [6, 6.07) is 7.34. The standard InChI is InChI=1S/C16H10F5N3OS/c17-12-6-1-9(7-13(12)18)8-24-14(25)23-26-15(24)22-11-4-2-10(3-5-11)16(19,20)21/h1-7H,8H2,(H,23,25)/b22-15-. The van der Waals surface area contributed by atoms with Gasteiger partial charge in [-0.1, -0.05) is 6.07 Å². The van der Waals surface area contributed by atoms with Gasteiger partial charge in [-0.05, 0) is 53.5 Å². The molecule has 3 rings (SSSR count). The van der Waals surface area contributed by atoms with E-state index < -0.39 is 29.1 Å². The third-order valence-corrected chi connectivity index (χ3v) is 4.22. The Bertz CT molecular complexity index is 1050. The summed E-state index contributed by atoms with van der Waals surface area (Å²) in [6.45, 7) is -0.0739. The van der Waals surface area contributed by atoms with Crippen LogP contribution in [0, 0.1) is 11.6 Å². The summed E-state index contributed by atoms with van der Waals surface area (Å²) in [5.74, 6) is -2.05. The van der Waals surface area contributed by atoms with Crippen molar-refractivity contribution in [1.29, 1.82) is 0 Å². The van der Waals surface area contributed by atoms with Gasteiger partial charge in [0.25, 0.3) is 0 Å². The Morgan fingerprint density at radius 3 is 2.35 bits per heavy atom. The molecule has 0 atom stereocenters. The van der Waals surface area contributed by atoms with E-state index >= 15 is 0 Å². The third kappa shape index (κ3) is 3.90. The molecule has 2 aromatic carbocycles. The molecule has 0 amide bonds. The van der Waals surface area contributed by atoms with Crippen molar-refractivity contribution in [2.75, 3.05) is 0 Å². The lowest BCUT2D eigenvalue weighted by molar-refractivity contribution is -0.137. The Labute approximate surface area is 147 Å². The number of H-pyrrole nitrogens is 1. The molecule has 1 aromatic heterocycles. The lowest BCUT2D eigenvalue weighted by Crippen LogP contribution is -2.27. The number of benzene rings is 2. The Morgan fingerprint density at radius 2 is 1.73 bits per heavy atom. The van der Waals surface area contributed by atoms with Crippen molar-refractivity contribution in [2.45, 2.75) is 12.7 Å². The van der Waals surface area contributed by atoms with Crippen LogP contribution >= 0.6 is 11.5 Å². The van der Waals surface area contributed by atoms with Crippen LogP contribution in [0.5, 0.6) is 0 Å². The highest BCUT2D eigenvalue weighted by Crippen LogP contribution is 2.30. The van der Waals surface area contributed by atoms with Crippen LogP contribution in [0.15, 0.2) is 52.3 Å². The minimum Gasteiger partial charge on any atom is -0.263 e. The molecule has 0 unspecified atom stereocenters. The number of aromatic nitrogens is 2. The summed E-state index contributed by atoms with van der Waals surface area (Å²) in [4.78, 5) is 16.2. The van der Waals surface area contributed by atoms with Crippen LogP contribution in [0.25, 0.3) is 0 Å². The molecule has 0 aliphatic carbocycles. The van der Waals surface area contributed by atoms with E-state index in [1.807, 2.05) is 0 Å². The molecule has 4 nitrogen and oxygen atoms in total. The molecule has 136 valence electrons. The zero-order valence-corrected chi connectivity index (χ0v) is 13.7. The van der Waals surface area contributed by atoms with Gasteiger partial charge in [0, 0.05) is 0 Å². The first kappa shape index (κ1) is 18.1. The number of halogens is 5. The zero-order valence-electron chi connectivity index (χ0n) is 12.8. The van der Waals surface area contributed by atoms with E-state index in [0.29, 0.717) is 5.56 Å². The van der Waals surface area contributed by atoms with Gasteiger partial charge < -0.3 is 0 Å². The van der Waals surface area contributed by atoms with Gasteiger partial charge in [-0.15, -0.1) is 0 Å². The predicted molar refractivity (Wildman–Crippen MR) is 85.1 cm³/mol. The predicted octanol–water partition coefficient (Wildman–Crippen LogP) is 3.82. The molecule has 1 N–H and O–H groups in total. The number of hydrogen-bond acceptors (Lipinski definition) is 3. The molecule has 0 aliphatic heterocycles. The summed E-state index contributed by atoms with van der Waals surface area (Å²) in [5, 5.41) is 0. The van der Waals surface area contributed by atoms with Gasteiger partial charge in [-0.25, -0.2) is 18.6 Å². The summed E-state index contributed by atoms with van der Waals surface area (Å²) in [5.41, 5.74) is -0.785. The van der Waals surface area contributed by atoms with Crippen molar-refractivity contribution in [2.24, 2.45) is 4.99 Å². The lowest BCUT2D eigenvalue weighted by Gasteiger charge is -2.06. The molecule has 10 heteroatoms. The minimum absolute atomic E-state index is 0.0739. The first-order valence-corrected chi connectivity index (χ1v) is 8.00. The lowest BCUT2D eigenvalue weighted by atomic mass is 10.2. The second kappa shape index (κ2) is 6.87. The smallest absolute Gasteiger partial charge is 0.263 e. The van der Waals surface area contributed by atoms with Crippen molar-refractivity contribution < 1.29 is 22.0 Å². The van der Waals surface area contributed by atoms with E-state index in [1.165, 1.54) is 22.8 Å². The van der Waals surface area contributed by atoms with Gasteiger partial charge in [0.1, 0.15) is 0 Å². The van der Waals surface area contributed by atoms with Gasteiger partial charge in [-0.3, -0.25) is 8.94 Å². The molecule has 0 fully saturated rings. The molecule has 0 aliphatic rings. The van der Waals surface area contributed by atoms with Crippen molar-refractivity contribution in [3.8, 4) is 0 Å². The van der Waals surface area contributed by atoms with E-state index in [4.69, 9.17) is 0 Å². The first-order chi connectivity index (χ1) is 12.2. The molecule has 1 heterocycles. The van der Waals surface area contributed by atoms with E-state index in [0.717, 1.165) is 35.8 Å². The molecule has 3 aromatic rings. The van der Waals surface area contributed by atoms with Crippen molar-refractivity contribution in [1.82, 2.24) is 8.94 Å². The molecule has 0 radical (unpaired) electrons. The first-order valence-electron chi connectivity index (χ1n) is 7.18. The van der Waals surface area contributed by atoms with E-state index in [1.54, 1.807) is 0 Å². The van der Waals surface area contributed by atoms with Crippen LogP contribution in [0.3, 0.4) is 0 Å². The maximum atomic E-state index is 13.3. The number of aromatic amines is 1. The van der Waals surface area contributed by atoms with Crippen LogP contribution in [-0.2, 0) is 12.7 Å². The van der Waals surface area contributed by atoms with Crippen molar-refractivity contribution in [3.63, 3.8) is 0 Å². The second-order valence-corrected chi connectivity index (χ2v) is 6.06. The highest BCUT2D eigenvalue weighted by atomic mass is 32.1. The second-order valence-electron chi connectivity index (χ2n) is 5.28. The topological polar surface area (TPSA) is 50.1 Å². The normalized spacial score (nSPS) is 12.6.